The summed E-state index contributed by atoms with van der Waals surface area (Å²) in [5.41, 5.74) is 0. The summed E-state index contributed by atoms with van der Waals surface area (Å²) in [6.45, 7) is 4.14. The van der Waals surface area contributed by atoms with Gasteiger partial charge in [0.25, 0.3) is 0 Å². The van der Waals surface area contributed by atoms with Crippen LogP contribution in [0.4, 0.5) is 0 Å². The van der Waals surface area contributed by atoms with Crippen molar-refractivity contribution in [2.24, 2.45) is 0 Å². The molecule has 4 heteroatoms. The third kappa shape index (κ3) is 54.3. The lowest BCUT2D eigenvalue weighted by Crippen LogP contribution is -2.45. The van der Waals surface area contributed by atoms with E-state index in [4.69, 9.17) is 0 Å². The number of carbonyl (C=O) groups is 1. The van der Waals surface area contributed by atoms with Gasteiger partial charge in [0.1, 0.15) is 0 Å². The van der Waals surface area contributed by atoms with E-state index in [-0.39, 0.29) is 12.5 Å². The fourth-order valence-electron chi connectivity index (χ4n) is 6.95. The smallest absolute Gasteiger partial charge is 0.220 e. The summed E-state index contributed by atoms with van der Waals surface area (Å²) in [7, 11) is 0. The monoisotopic (exact) mass is 944 g/mol. The molecular weight excluding hydrogens is 843 g/mol. The fraction of sp³-hybridized carbons (Fsp3) is 0.523. The molecule has 0 heterocycles. The molecule has 0 fully saturated rings. The van der Waals surface area contributed by atoms with Crippen molar-refractivity contribution in [3.05, 3.63) is 182 Å². The second kappa shape index (κ2) is 57.8. The van der Waals surface area contributed by atoms with E-state index >= 15 is 0 Å². The Hall–Kier alpha value is -4.51. The molecular formula is C65H101NO3. The summed E-state index contributed by atoms with van der Waals surface area (Å²) in [6, 6.07) is -0.683. The van der Waals surface area contributed by atoms with E-state index in [1.165, 1.54) is 57.8 Å². The molecule has 0 aromatic carbocycles. The van der Waals surface area contributed by atoms with Crippen molar-refractivity contribution in [2.75, 3.05) is 6.61 Å². The van der Waals surface area contributed by atoms with Crippen molar-refractivity contribution in [3.63, 3.8) is 0 Å². The summed E-state index contributed by atoms with van der Waals surface area (Å²) in [5.74, 6) is -0.129. The number of aliphatic hydroxyl groups excluding tert-OH is 2. The van der Waals surface area contributed by atoms with Crippen LogP contribution >= 0.6 is 0 Å². The maximum Gasteiger partial charge on any atom is 0.220 e. The van der Waals surface area contributed by atoms with Crippen LogP contribution < -0.4 is 5.32 Å². The van der Waals surface area contributed by atoms with Gasteiger partial charge < -0.3 is 15.5 Å². The minimum atomic E-state index is -0.903. The van der Waals surface area contributed by atoms with Gasteiger partial charge in [0.05, 0.1) is 18.8 Å². The van der Waals surface area contributed by atoms with Crippen LogP contribution in [0, 0.1) is 0 Å². The van der Waals surface area contributed by atoms with Gasteiger partial charge in [-0.1, -0.05) is 241 Å². The molecule has 0 aliphatic rings. The Bertz CT molecular complexity index is 1590. The molecule has 0 aromatic rings. The highest BCUT2D eigenvalue weighted by Crippen LogP contribution is 2.11. The van der Waals surface area contributed by atoms with E-state index in [9.17, 15) is 15.0 Å². The van der Waals surface area contributed by atoms with Crippen molar-refractivity contribution < 1.29 is 15.0 Å². The highest BCUT2D eigenvalue weighted by atomic mass is 16.3. The maximum absolute atomic E-state index is 12.4. The van der Waals surface area contributed by atoms with E-state index in [0.717, 1.165) is 122 Å². The molecule has 2 unspecified atom stereocenters. The first kappa shape index (κ1) is 64.5. The second-order valence-corrected chi connectivity index (χ2v) is 17.5. The Morgan fingerprint density at radius 2 is 0.652 bits per heavy atom. The molecule has 0 radical (unpaired) electrons. The first-order valence-electron chi connectivity index (χ1n) is 27.5. The Balaban J connectivity index is 3.80. The number of carbonyl (C=O) groups excluding carboxylic acids is 1. The van der Waals surface area contributed by atoms with Gasteiger partial charge in [-0.25, -0.2) is 0 Å². The number of hydrogen-bond donors (Lipinski definition) is 3. The molecule has 4 nitrogen and oxygen atoms in total. The highest BCUT2D eigenvalue weighted by molar-refractivity contribution is 5.76. The summed E-state index contributed by atoms with van der Waals surface area (Å²) >= 11 is 0. The molecule has 0 rings (SSSR count). The molecule has 0 aromatic heterocycles. The number of amides is 1. The Morgan fingerprint density at radius 1 is 0.362 bits per heavy atom. The van der Waals surface area contributed by atoms with E-state index in [2.05, 4.69) is 189 Å². The zero-order valence-electron chi connectivity index (χ0n) is 44.0. The van der Waals surface area contributed by atoms with Gasteiger partial charge in [-0.15, -0.1) is 0 Å². The minimum absolute atomic E-state index is 0.129. The fourth-order valence-corrected chi connectivity index (χ4v) is 6.95. The number of nitrogens with one attached hydrogen (secondary N) is 1. The summed E-state index contributed by atoms with van der Waals surface area (Å²) in [6.07, 6.45) is 96.0. The predicted molar refractivity (Wildman–Crippen MR) is 307 cm³/mol. The molecule has 0 aliphatic heterocycles. The lowest BCUT2D eigenvalue weighted by molar-refractivity contribution is -0.123. The zero-order valence-corrected chi connectivity index (χ0v) is 44.0. The summed E-state index contributed by atoms with van der Waals surface area (Å²) < 4.78 is 0. The van der Waals surface area contributed by atoms with Gasteiger partial charge in [0.15, 0.2) is 0 Å². The van der Waals surface area contributed by atoms with Gasteiger partial charge in [0.2, 0.25) is 5.91 Å². The average molecular weight is 945 g/mol. The standard InChI is InChI=1S/C65H101NO3/c1-3-5-7-9-11-13-15-17-19-21-23-24-25-26-27-28-29-30-31-32-33-34-35-36-37-38-39-40-41-42-43-45-47-49-51-53-55-57-59-61-65(69)66-63(62-67)64(68)60-58-56-54-52-50-48-46-44-22-20-18-16-14-12-10-8-6-4-2/h5,7,11,13,17,19,22-24,26-27,29-30,32-33,35-36,38-39,41-42,44-45,47,50-53,58,60,63-64,67-68H,3-4,6,8-10,12,14-16,18,20-21,25,28,31,34,37,40,43,46,48-49,54-57,59,61-62H2,1-2H3,(H,66,69)/b7-5-,13-11-,19-17-,24-23-,27-26-,30-29-,33-32-,36-35-,39-38-,42-41-,44-22+,47-45-,52-50+,53-51-,60-58+. The molecule has 0 bridgehead atoms. The Kier molecular flexibility index (Phi) is 54.0. The van der Waals surface area contributed by atoms with Crippen molar-refractivity contribution in [1.29, 1.82) is 0 Å². The molecule has 3 N–H and O–H groups in total. The predicted octanol–water partition coefficient (Wildman–Crippen LogP) is 18.5. The summed E-state index contributed by atoms with van der Waals surface area (Å²) in [4.78, 5) is 12.4. The Labute approximate surface area is 425 Å². The third-order valence-corrected chi connectivity index (χ3v) is 11.1. The molecule has 69 heavy (non-hydrogen) atoms. The molecule has 0 saturated carbocycles. The van der Waals surface area contributed by atoms with Crippen LogP contribution in [0.5, 0.6) is 0 Å². The normalized spacial score (nSPS) is 14.3. The quantitative estimate of drug-likeness (QED) is 0.0421. The molecule has 0 spiro atoms. The van der Waals surface area contributed by atoms with Crippen LogP contribution in [0.3, 0.4) is 0 Å². The number of allylic oxidation sites excluding steroid dienone is 29. The second-order valence-electron chi connectivity index (χ2n) is 17.5. The van der Waals surface area contributed by atoms with Crippen molar-refractivity contribution >= 4 is 5.91 Å². The van der Waals surface area contributed by atoms with Crippen LogP contribution in [0.2, 0.25) is 0 Å². The summed E-state index contributed by atoms with van der Waals surface area (Å²) in [5, 5.41) is 23.0. The Morgan fingerprint density at radius 3 is 1.01 bits per heavy atom. The molecule has 384 valence electrons. The van der Waals surface area contributed by atoms with Crippen LogP contribution in [0.15, 0.2) is 182 Å². The van der Waals surface area contributed by atoms with Gasteiger partial charge in [-0.2, -0.15) is 0 Å². The van der Waals surface area contributed by atoms with E-state index in [0.29, 0.717) is 6.42 Å². The van der Waals surface area contributed by atoms with Crippen molar-refractivity contribution in [1.82, 2.24) is 5.32 Å². The number of unbranched alkanes of at least 4 members (excludes halogenated alkanes) is 12. The lowest BCUT2D eigenvalue weighted by Gasteiger charge is -2.19. The first-order chi connectivity index (χ1) is 34.2. The molecule has 1 amide bonds. The van der Waals surface area contributed by atoms with Crippen molar-refractivity contribution in [3.8, 4) is 0 Å². The lowest BCUT2D eigenvalue weighted by atomic mass is 10.1. The number of rotatable bonds is 47. The van der Waals surface area contributed by atoms with Gasteiger partial charge >= 0.3 is 0 Å². The average Bonchev–Trinajstić information content (AvgIpc) is 3.35. The largest absolute Gasteiger partial charge is 0.394 e. The van der Waals surface area contributed by atoms with Crippen LogP contribution in [0.25, 0.3) is 0 Å². The number of hydrogen-bond acceptors (Lipinski definition) is 3. The first-order valence-corrected chi connectivity index (χ1v) is 27.5. The third-order valence-electron chi connectivity index (χ3n) is 11.1. The highest BCUT2D eigenvalue weighted by Gasteiger charge is 2.17. The SMILES string of the molecule is CC/C=C\C/C=C\C/C=C\C/C=C\C/C=C\C/C=C\C/C=C\C/C=C\C/C=C\C/C=C\C/C=C\C/C=C\CCCCC(=O)NC(CO)C(O)/C=C/CC/C=C/CC/C=C/CCCCCCCCCC. The van der Waals surface area contributed by atoms with Crippen LogP contribution in [-0.4, -0.2) is 34.9 Å². The zero-order chi connectivity index (χ0) is 49.9. The van der Waals surface area contributed by atoms with Gasteiger partial charge in [-0.05, 0) is 135 Å². The van der Waals surface area contributed by atoms with Crippen LogP contribution in [-0.2, 0) is 4.79 Å². The van der Waals surface area contributed by atoms with E-state index in [1.54, 1.807) is 6.08 Å². The van der Waals surface area contributed by atoms with Crippen LogP contribution in [0.1, 0.15) is 200 Å². The van der Waals surface area contributed by atoms with Gasteiger partial charge in [0, 0.05) is 6.42 Å². The molecule has 0 aliphatic carbocycles. The topological polar surface area (TPSA) is 69.6 Å². The maximum atomic E-state index is 12.4. The van der Waals surface area contributed by atoms with E-state index < -0.39 is 12.1 Å². The molecule has 0 saturated heterocycles. The molecule has 2 atom stereocenters. The van der Waals surface area contributed by atoms with Gasteiger partial charge in [-0.3, -0.25) is 4.79 Å². The number of aliphatic hydroxyl groups is 2. The van der Waals surface area contributed by atoms with E-state index in [1.807, 2.05) is 6.08 Å². The van der Waals surface area contributed by atoms with Crippen molar-refractivity contribution in [2.45, 2.75) is 212 Å². The minimum Gasteiger partial charge on any atom is -0.394 e.